The lowest BCUT2D eigenvalue weighted by atomic mass is 9.86. The molecule has 1 heterocycles. The molecule has 1 spiro atoms. The van der Waals surface area contributed by atoms with Crippen molar-refractivity contribution in [3.05, 3.63) is 24.0 Å². The molecule has 1 N–H and O–H groups in total. The van der Waals surface area contributed by atoms with Gasteiger partial charge in [0.1, 0.15) is 5.82 Å². The quantitative estimate of drug-likeness (QED) is 0.741. The average Bonchev–Trinajstić information content (AvgIpc) is 2.71. The van der Waals surface area contributed by atoms with Crippen molar-refractivity contribution in [2.75, 3.05) is 30.4 Å². The molecular formula is C14H19FN2. The van der Waals surface area contributed by atoms with Crippen LogP contribution in [0.2, 0.25) is 0 Å². The Hall–Kier alpha value is -1.25. The Morgan fingerprint density at radius 1 is 1.29 bits per heavy atom. The predicted molar refractivity (Wildman–Crippen MR) is 69.1 cm³/mol. The van der Waals surface area contributed by atoms with Gasteiger partial charge in [0.25, 0.3) is 0 Å². The van der Waals surface area contributed by atoms with E-state index in [2.05, 4.69) is 17.3 Å². The normalized spacial score (nSPS) is 22.1. The van der Waals surface area contributed by atoms with Crippen LogP contribution in [0.4, 0.5) is 15.8 Å². The molecule has 0 radical (unpaired) electrons. The average molecular weight is 234 g/mol. The highest BCUT2D eigenvalue weighted by molar-refractivity contribution is 5.71. The summed E-state index contributed by atoms with van der Waals surface area (Å²) in [5.74, 6) is -0.153. The summed E-state index contributed by atoms with van der Waals surface area (Å²) in [5.41, 5.74) is 2.45. The molecule has 92 valence electrons. The van der Waals surface area contributed by atoms with Crippen LogP contribution in [0.5, 0.6) is 0 Å². The first-order chi connectivity index (χ1) is 8.19. The second-order valence-corrected chi connectivity index (χ2v) is 5.58. The zero-order valence-electron chi connectivity index (χ0n) is 10.3. The third kappa shape index (κ3) is 1.88. The number of nitrogens with one attached hydrogen (secondary N) is 1. The van der Waals surface area contributed by atoms with Crippen LogP contribution in [0.1, 0.15) is 25.7 Å². The van der Waals surface area contributed by atoms with Gasteiger partial charge in [-0.2, -0.15) is 0 Å². The van der Waals surface area contributed by atoms with Gasteiger partial charge < -0.3 is 10.2 Å². The maximum absolute atomic E-state index is 13.3. The minimum absolute atomic E-state index is 0.153. The van der Waals surface area contributed by atoms with E-state index in [-0.39, 0.29) is 5.82 Å². The van der Waals surface area contributed by atoms with E-state index in [9.17, 15) is 4.39 Å². The van der Waals surface area contributed by atoms with Crippen molar-refractivity contribution >= 4 is 11.4 Å². The minimum Gasteiger partial charge on any atom is -0.383 e. The van der Waals surface area contributed by atoms with Gasteiger partial charge in [-0.1, -0.05) is 12.8 Å². The van der Waals surface area contributed by atoms with Crippen LogP contribution >= 0.6 is 0 Å². The summed E-state index contributed by atoms with van der Waals surface area (Å²) < 4.78 is 13.3. The van der Waals surface area contributed by atoms with Crippen LogP contribution in [-0.4, -0.2) is 20.1 Å². The van der Waals surface area contributed by atoms with Crippen molar-refractivity contribution in [1.29, 1.82) is 0 Å². The Kier molecular flexibility index (Phi) is 2.49. The molecule has 0 amide bonds. The van der Waals surface area contributed by atoms with Gasteiger partial charge in [-0.25, -0.2) is 4.39 Å². The second kappa shape index (κ2) is 3.90. The van der Waals surface area contributed by atoms with Gasteiger partial charge in [-0.05, 0) is 31.0 Å². The standard InChI is InChI=1S/C14H19FN2/c1-17-10-14(6-2-3-7-14)9-16-12-5-4-11(15)8-13(12)17/h4-5,8,16H,2-3,6-7,9-10H2,1H3. The van der Waals surface area contributed by atoms with E-state index in [1.54, 1.807) is 6.07 Å². The number of hydrogen-bond donors (Lipinski definition) is 1. The topological polar surface area (TPSA) is 15.3 Å². The van der Waals surface area contributed by atoms with Gasteiger partial charge in [0.05, 0.1) is 11.4 Å². The van der Waals surface area contributed by atoms with Crippen LogP contribution in [0, 0.1) is 11.2 Å². The molecule has 1 saturated carbocycles. The zero-order chi connectivity index (χ0) is 11.9. The van der Waals surface area contributed by atoms with Gasteiger partial charge >= 0.3 is 0 Å². The predicted octanol–water partition coefficient (Wildman–Crippen LogP) is 3.25. The number of nitrogens with zero attached hydrogens (tertiary/aromatic N) is 1. The Morgan fingerprint density at radius 3 is 2.82 bits per heavy atom. The van der Waals surface area contributed by atoms with Crippen molar-refractivity contribution in [1.82, 2.24) is 0 Å². The fraction of sp³-hybridized carbons (Fsp3) is 0.571. The molecule has 2 nitrogen and oxygen atoms in total. The van der Waals surface area contributed by atoms with Gasteiger partial charge in [0, 0.05) is 25.6 Å². The summed E-state index contributed by atoms with van der Waals surface area (Å²) in [6.07, 6.45) is 5.25. The molecule has 1 aliphatic heterocycles. The van der Waals surface area contributed by atoms with Crippen LogP contribution in [0.25, 0.3) is 0 Å². The molecular weight excluding hydrogens is 215 g/mol. The summed E-state index contributed by atoms with van der Waals surface area (Å²) in [6.45, 7) is 2.06. The molecule has 0 aromatic heterocycles. The smallest absolute Gasteiger partial charge is 0.125 e. The van der Waals surface area contributed by atoms with Crippen molar-refractivity contribution in [3.8, 4) is 0 Å². The summed E-state index contributed by atoms with van der Waals surface area (Å²) in [6, 6.07) is 5.03. The third-order valence-electron chi connectivity index (χ3n) is 4.26. The van der Waals surface area contributed by atoms with Crippen LogP contribution < -0.4 is 10.2 Å². The van der Waals surface area contributed by atoms with Crippen molar-refractivity contribution in [2.24, 2.45) is 5.41 Å². The Morgan fingerprint density at radius 2 is 2.06 bits per heavy atom. The first kappa shape index (κ1) is 10.9. The molecule has 17 heavy (non-hydrogen) atoms. The van der Waals surface area contributed by atoms with Crippen molar-refractivity contribution in [3.63, 3.8) is 0 Å². The van der Waals surface area contributed by atoms with E-state index < -0.39 is 0 Å². The molecule has 1 aromatic carbocycles. The first-order valence-corrected chi connectivity index (χ1v) is 6.43. The van der Waals surface area contributed by atoms with Gasteiger partial charge in [-0.15, -0.1) is 0 Å². The van der Waals surface area contributed by atoms with E-state index in [4.69, 9.17) is 0 Å². The monoisotopic (exact) mass is 234 g/mol. The van der Waals surface area contributed by atoms with Gasteiger partial charge in [-0.3, -0.25) is 0 Å². The molecule has 3 heteroatoms. The molecule has 3 rings (SSSR count). The highest BCUT2D eigenvalue weighted by atomic mass is 19.1. The number of rotatable bonds is 0. The maximum atomic E-state index is 13.3. The van der Waals surface area contributed by atoms with E-state index in [0.29, 0.717) is 5.41 Å². The van der Waals surface area contributed by atoms with Gasteiger partial charge in [0.2, 0.25) is 0 Å². The molecule has 0 atom stereocenters. The molecule has 1 aromatic rings. The molecule has 0 unspecified atom stereocenters. The van der Waals surface area contributed by atoms with E-state index in [1.807, 2.05) is 6.07 Å². The Labute approximate surface area is 102 Å². The molecule has 1 fully saturated rings. The number of anilines is 2. The van der Waals surface area contributed by atoms with Gasteiger partial charge in [0.15, 0.2) is 0 Å². The van der Waals surface area contributed by atoms with Crippen LogP contribution in [-0.2, 0) is 0 Å². The van der Waals surface area contributed by atoms with Crippen molar-refractivity contribution < 1.29 is 4.39 Å². The zero-order valence-corrected chi connectivity index (χ0v) is 10.3. The first-order valence-electron chi connectivity index (χ1n) is 6.43. The lowest BCUT2D eigenvalue weighted by Crippen LogP contribution is -2.36. The summed E-state index contributed by atoms with van der Waals surface area (Å²) in [4.78, 5) is 2.21. The Bertz CT molecular complexity index is 424. The fourth-order valence-electron chi connectivity index (χ4n) is 3.36. The third-order valence-corrected chi connectivity index (χ3v) is 4.26. The Balaban J connectivity index is 1.94. The van der Waals surface area contributed by atoms with Crippen LogP contribution in [0.15, 0.2) is 18.2 Å². The highest BCUT2D eigenvalue weighted by Gasteiger charge is 2.37. The van der Waals surface area contributed by atoms with Crippen LogP contribution in [0.3, 0.4) is 0 Å². The molecule has 2 aliphatic rings. The summed E-state index contributed by atoms with van der Waals surface area (Å²) >= 11 is 0. The maximum Gasteiger partial charge on any atom is 0.125 e. The SMILES string of the molecule is CN1CC2(CCCC2)CNc2ccc(F)cc21. The van der Waals surface area contributed by atoms with Crippen molar-refractivity contribution in [2.45, 2.75) is 25.7 Å². The second-order valence-electron chi connectivity index (χ2n) is 5.58. The molecule has 1 aliphatic carbocycles. The number of benzene rings is 1. The van der Waals surface area contributed by atoms with E-state index in [1.165, 1.54) is 31.7 Å². The molecule has 0 saturated heterocycles. The number of fused-ring (bicyclic) bond motifs is 1. The highest BCUT2D eigenvalue weighted by Crippen LogP contribution is 2.42. The fourth-order valence-corrected chi connectivity index (χ4v) is 3.36. The summed E-state index contributed by atoms with van der Waals surface area (Å²) in [7, 11) is 2.07. The molecule has 0 bridgehead atoms. The number of halogens is 1. The number of hydrogen-bond acceptors (Lipinski definition) is 2. The van der Waals surface area contributed by atoms with E-state index >= 15 is 0 Å². The van der Waals surface area contributed by atoms with E-state index in [0.717, 1.165) is 24.5 Å². The lowest BCUT2D eigenvalue weighted by Gasteiger charge is -2.31. The minimum atomic E-state index is -0.153. The largest absolute Gasteiger partial charge is 0.383 e. The summed E-state index contributed by atoms with van der Waals surface area (Å²) in [5, 5.41) is 3.51. The lowest BCUT2D eigenvalue weighted by molar-refractivity contribution is 0.330.